The highest BCUT2D eigenvalue weighted by Crippen LogP contribution is 2.18. The summed E-state index contributed by atoms with van der Waals surface area (Å²) in [4.78, 5) is 14.1. The van der Waals surface area contributed by atoms with Crippen LogP contribution in [0.4, 0.5) is 0 Å². The highest BCUT2D eigenvalue weighted by atomic mass is 32.2. The summed E-state index contributed by atoms with van der Waals surface area (Å²) in [5, 5.41) is 0. The van der Waals surface area contributed by atoms with Gasteiger partial charge in [-0.25, -0.2) is 13.1 Å². The van der Waals surface area contributed by atoms with Crippen molar-refractivity contribution in [3.05, 3.63) is 29.8 Å². The van der Waals surface area contributed by atoms with Gasteiger partial charge in [-0.2, -0.15) is 0 Å². The molecule has 0 saturated carbocycles. The minimum absolute atomic E-state index is 0.0293. The standard InChI is InChI=1S/C16H24N2O4S/c1-13-6-8-15(9-7-13)22-12-16(19)18-10-4-3-5-14(18)11-17-23(2,20)21/h6-9,14,17H,3-5,10-12H2,1-2H3. The average Bonchev–Trinajstić information content (AvgIpc) is 2.52. The van der Waals surface area contributed by atoms with E-state index in [0.717, 1.165) is 31.1 Å². The van der Waals surface area contributed by atoms with E-state index in [0.29, 0.717) is 12.3 Å². The number of hydrogen-bond donors (Lipinski definition) is 1. The van der Waals surface area contributed by atoms with Gasteiger partial charge in [-0.1, -0.05) is 17.7 Å². The fourth-order valence-corrected chi connectivity index (χ4v) is 3.15. The quantitative estimate of drug-likeness (QED) is 0.847. The lowest BCUT2D eigenvalue weighted by Gasteiger charge is -2.35. The third-order valence-corrected chi connectivity index (χ3v) is 4.60. The van der Waals surface area contributed by atoms with Crippen LogP contribution in [0.1, 0.15) is 24.8 Å². The fraction of sp³-hybridized carbons (Fsp3) is 0.562. The van der Waals surface area contributed by atoms with Crippen LogP contribution in [0.15, 0.2) is 24.3 Å². The normalized spacial score (nSPS) is 18.7. The van der Waals surface area contributed by atoms with Crippen LogP contribution in [0.2, 0.25) is 0 Å². The molecule has 23 heavy (non-hydrogen) atoms. The first-order valence-electron chi connectivity index (χ1n) is 7.79. The van der Waals surface area contributed by atoms with Crippen molar-refractivity contribution in [1.82, 2.24) is 9.62 Å². The number of carbonyl (C=O) groups excluding carboxylic acids is 1. The van der Waals surface area contributed by atoms with Gasteiger partial charge in [0.05, 0.1) is 6.26 Å². The maximum Gasteiger partial charge on any atom is 0.260 e. The molecule has 1 saturated heterocycles. The Morgan fingerprint density at radius 2 is 2.00 bits per heavy atom. The molecule has 128 valence electrons. The van der Waals surface area contributed by atoms with Gasteiger partial charge in [0.1, 0.15) is 5.75 Å². The van der Waals surface area contributed by atoms with Gasteiger partial charge >= 0.3 is 0 Å². The predicted molar refractivity (Wildman–Crippen MR) is 88.9 cm³/mol. The molecule has 1 aliphatic heterocycles. The van der Waals surface area contributed by atoms with E-state index in [1.54, 1.807) is 4.90 Å². The molecule has 0 bridgehead atoms. The van der Waals surface area contributed by atoms with Crippen molar-refractivity contribution in [2.75, 3.05) is 26.0 Å². The number of aryl methyl sites for hydroxylation is 1. The molecule has 0 aliphatic carbocycles. The summed E-state index contributed by atoms with van der Waals surface area (Å²) in [5.74, 6) is 0.553. The summed E-state index contributed by atoms with van der Waals surface area (Å²) >= 11 is 0. The minimum atomic E-state index is -3.25. The Morgan fingerprint density at radius 3 is 2.65 bits per heavy atom. The molecule has 1 N–H and O–H groups in total. The lowest BCUT2D eigenvalue weighted by Crippen LogP contribution is -2.50. The Labute approximate surface area is 137 Å². The maximum absolute atomic E-state index is 12.4. The van der Waals surface area contributed by atoms with Gasteiger partial charge in [0.15, 0.2) is 6.61 Å². The van der Waals surface area contributed by atoms with Crippen LogP contribution in [0, 0.1) is 6.92 Å². The van der Waals surface area contributed by atoms with Gasteiger partial charge in [-0.15, -0.1) is 0 Å². The van der Waals surface area contributed by atoms with Crippen LogP contribution >= 0.6 is 0 Å². The van der Waals surface area contributed by atoms with Crippen LogP contribution in [0.25, 0.3) is 0 Å². The molecule has 1 aromatic carbocycles. The van der Waals surface area contributed by atoms with E-state index in [4.69, 9.17) is 4.74 Å². The van der Waals surface area contributed by atoms with Gasteiger partial charge in [0, 0.05) is 19.1 Å². The zero-order valence-electron chi connectivity index (χ0n) is 13.6. The summed E-state index contributed by atoms with van der Waals surface area (Å²) in [6.07, 6.45) is 3.87. The lowest BCUT2D eigenvalue weighted by atomic mass is 10.0. The van der Waals surface area contributed by atoms with Gasteiger partial charge in [-0.3, -0.25) is 4.79 Å². The van der Waals surface area contributed by atoms with E-state index in [-0.39, 0.29) is 25.1 Å². The van der Waals surface area contributed by atoms with E-state index in [1.807, 2.05) is 31.2 Å². The number of nitrogens with zero attached hydrogens (tertiary/aromatic N) is 1. The van der Waals surface area contributed by atoms with E-state index in [1.165, 1.54) is 0 Å². The molecule has 1 unspecified atom stereocenters. The molecular weight excluding hydrogens is 316 g/mol. The molecule has 1 heterocycles. The van der Waals surface area contributed by atoms with Crippen LogP contribution in [0.3, 0.4) is 0 Å². The summed E-state index contributed by atoms with van der Waals surface area (Å²) in [5.41, 5.74) is 1.13. The highest BCUT2D eigenvalue weighted by Gasteiger charge is 2.27. The van der Waals surface area contributed by atoms with Crippen molar-refractivity contribution >= 4 is 15.9 Å². The van der Waals surface area contributed by atoms with Crippen LogP contribution in [0.5, 0.6) is 5.75 Å². The molecule has 1 atom stereocenters. The lowest BCUT2D eigenvalue weighted by molar-refractivity contribution is -0.136. The van der Waals surface area contributed by atoms with Crippen molar-refractivity contribution < 1.29 is 17.9 Å². The molecule has 0 radical (unpaired) electrons. The largest absolute Gasteiger partial charge is 0.484 e. The smallest absolute Gasteiger partial charge is 0.260 e. The summed E-state index contributed by atoms with van der Waals surface area (Å²) in [6, 6.07) is 7.43. The number of hydrogen-bond acceptors (Lipinski definition) is 4. The number of carbonyl (C=O) groups is 1. The molecule has 0 spiro atoms. The molecule has 7 heteroatoms. The zero-order chi connectivity index (χ0) is 16.9. The molecular formula is C16H24N2O4S. The fourth-order valence-electron chi connectivity index (χ4n) is 2.65. The molecule has 1 aromatic rings. The average molecular weight is 340 g/mol. The molecule has 1 aliphatic rings. The van der Waals surface area contributed by atoms with Crippen molar-refractivity contribution in [3.8, 4) is 5.75 Å². The third kappa shape index (κ3) is 5.84. The maximum atomic E-state index is 12.4. The Bertz CT molecular complexity index is 628. The van der Waals surface area contributed by atoms with Crippen LogP contribution < -0.4 is 9.46 Å². The first-order valence-corrected chi connectivity index (χ1v) is 9.68. The number of likely N-dealkylation sites (tertiary alicyclic amines) is 1. The number of nitrogens with one attached hydrogen (secondary N) is 1. The van der Waals surface area contributed by atoms with Gasteiger partial charge in [0.2, 0.25) is 10.0 Å². The number of ether oxygens (including phenoxy) is 1. The van der Waals surface area contributed by atoms with Crippen molar-refractivity contribution in [3.63, 3.8) is 0 Å². The van der Waals surface area contributed by atoms with Gasteiger partial charge in [-0.05, 0) is 38.3 Å². The molecule has 1 fully saturated rings. The van der Waals surface area contributed by atoms with Gasteiger partial charge < -0.3 is 9.64 Å². The second-order valence-corrected chi connectivity index (χ2v) is 7.79. The summed E-state index contributed by atoms with van der Waals surface area (Å²) < 4.78 is 30.5. The molecule has 0 aromatic heterocycles. The monoisotopic (exact) mass is 340 g/mol. The zero-order valence-corrected chi connectivity index (χ0v) is 14.4. The second kappa shape index (κ2) is 7.79. The Morgan fingerprint density at radius 1 is 1.30 bits per heavy atom. The van der Waals surface area contributed by atoms with E-state index >= 15 is 0 Å². The summed E-state index contributed by atoms with van der Waals surface area (Å²) in [7, 11) is -3.25. The van der Waals surface area contributed by atoms with Crippen LogP contribution in [-0.4, -0.2) is 51.2 Å². The first-order chi connectivity index (χ1) is 10.8. The minimum Gasteiger partial charge on any atom is -0.484 e. The van der Waals surface area contributed by atoms with Crippen molar-refractivity contribution in [2.24, 2.45) is 0 Å². The topological polar surface area (TPSA) is 75.7 Å². The number of benzene rings is 1. The number of rotatable bonds is 6. The van der Waals surface area contributed by atoms with E-state index in [2.05, 4.69) is 4.72 Å². The Hall–Kier alpha value is -1.60. The third-order valence-electron chi connectivity index (χ3n) is 3.91. The number of sulfonamides is 1. The first kappa shape index (κ1) is 17.7. The molecule has 2 rings (SSSR count). The number of piperidine rings is 1. The van der Waals surface area contributed by atoms with Crippen LogP contribution in [-0.2, 0) is 14.8 Å². The van der Waals surface area contributed by atoms with Crippen molar-refractivity contribution in [1.29, 1.82) is 0 Å². The SMILES string of the molecule is Cc1ccc(OCC(=O)N2CCCCC2CNS(C)(=O)=O)cc1. The Kier molecular flexibility index (Phi) is 6.01. The van der Waals surface area contributed by atoms with Gasteiger partial charge in [0.25, 0.3) is 5.91 Å². The van der Waals surface area contributed by atoms with E-state index in [9.17, 15) is 13.2 Å². The van der Waals surface area contributed by atoms with Crippen molar-refractivity contribution in [2.45, 2.75) is 32.2 Å². The molecule has 1 amide bonds. The van der Waals surface area contributed by atoms with E-state index < -0.39 is 10.0 Å². The second-order valence-electron chi connectivity index (χ2n) is 5.96. The number of amides is 1. The molecule has 6 nitrogen and oxygen atoms in total. The Balaban J connectivity index is 1.90. The highest BCUT2D eigenvalue weighted by molar-refractivity contribution is 7.88. The predicted octanol–water partition coefficient (Wildman–Crippen LogP) is 1.30. The summed E-state index contributed by atoms with van der Waals surface area (Å²) in [6.45, 7) is 2.86.